The molecule has 3 saturated heterocycles. The van der Waals surface area contributed by atoms with Crippen LogP contribution < -0.4 is 20.7 Å². The van der Waals surface area contributed by atoms with Gasteiger partial charge in [0.25, 0.3) is 0 Å². The Morgan fingerprint density at radius 1 is 1.00 bits per heavy atom. The van der Waals surface area contributed by atoms with Crippen molar-refractivity contribution in [2.24, 2.45) is 17.8 Å². The van der Waals surface area contributed by atoms with Crippen LogP contribution in [0.3, 0.4) is 0 Å². The van der Waals surface area contributed by atoms with Crippen LogP contribution in [-0.2, 0) is 33.2 Å². The van der Waals surface area contributed by atoms with E-state index in [1.807, 2.05) is 41.7 Å². The van der Waals surface area contributed by atoms with Crippen molar-refractivity contribution >= 4 is 17.6 Å². The molecular weight excluding hydrogens is 824 g/mol. The third-order valence-corrected chi connectivity index (χ3v) is 13.9. The molecule has 0 saturated carbocycles. The molecule has 1 aromatic rings. The maximum absolute atomic E-state index is 14.5. The molecule has 4 heterocycles. The van der Waals surface area contributed by atoms with E-state index in [2.05, 4.69) is 20.9 Å². The minimum Gasteiger partial charge on any atom is -0.482 e. The summed E-state index contributed by atoms with van der Waals surface area (Å²) in [6, 6.07) is 2.49. The number of nitrogens with zero attached hydrogens (tertiary/aromatic N) is 1. The van der Waals surface area contributed by atoms with Crippen molar-refractivity contribution in [1.29, 1.82) is 0 Å². The third kappa shape index (κ3) is 12.2. The average molecular weight is 904 g/mol. The van der Waals surface area contributed by atoms with Gasteiger partial charge in [0.15, 0.2) is 18.7 Å². The zero-order valence-electron chi connectivity index (χ0n) is 39.4. The van der Waals surface area contributed by atoms with Gasteiger partial charge in [0, 0.05) is 32.0 Å². The Labute approximate surface area is 374 Å². The second-order valence-corrected chi connectivity index (χ2v) is 19.4. The largest absolute Gasteiger partial charge is 0.482 e. The van der Waals surface area contributed by atoms with Crippen molar-refractivity contribution in [3.63, 3.8) is 0 Å². The lowest BCUT2D eigenvalue weighted by atomic mass is 9.75. The Morgan fingerprint density at radius 3 is 2.29 bits per heavy atom. The van der Waals surface area contributed by atoms with Gasteiger partial charge in [-0.05, 0) is 112 Å². The molecule has 0 unspecified atom stereocenters. The lowest BCUT2D eigenvalue weighted by Crippen LogP contribution is -2.70. The first kappa shape index (κ1) is 52.9. The van der Waals surface area contributed by atoms with E-state index >= 15 is 0 Å². The molecule has 0 bridgehead atoms. The number of rotatable bonds is 13. The van der Waals surface area contributed by atoms with Crippen LogP contribution in [0.5, 0.6) is 5.75 Å². The predicted molar refractivity (Wildman–Crippen MR) is 235 cm³/mol. The molecule has 62 heavy (non-hydrogen) atoms. The van der Waals surface area contributed by atoms with Crippen LogP contribution in [0, 0.1) is 17.8 Å². The molecule has 0 aromatic carbocycles. The number of methoxy groups -OCH3 is 1. The van der Waals surface area contributed by atoms with Gasteiger partial charge in [-0.1, -0.05) is 39.3 Å². The van der Waals surface area contributed by atoms with Crippen molar-refractivity contribution in [3.05, 3.63) is 23.5 Å². The van der Waals surface area contributed by atoms with Gasteiger partial charge < -0.3 is 69.5 Å². The molecule has 358 valence electrons. The first-order chi connectivity index (χ1) is 29.0. The summed E-state index contributed by atoms with van der Waals surface area (Å²) in [4.78, 5) is 18.7. The van der Waals surface area contributed by atoms with Crippen LogP contribution >= 0.6 is 11.6 Å². The molecule has 0 aliphatic carbocycles. The molecule has 0 spiro atoms. The number of aliphatic hydroxyl groups is 4. The van der Waals surface area contributed by atoms with Gasteiger partial charge in [-0.3, -0.25) is 4.79 Å². The van der Waals surface area contributed by atoms with E-state index in [1.54, 1.807) is 46.8 Å². The Hall–Kier alpha value is -1.77. The Kier molecular flexibility index (Phi) is 18.9. The second kappa shape index (κ2) is 22.1. The summed E-state index contributed by atoms with van der Waals surface area (Å²) in [6.45, 7) is 21.0. The fourth-order valence-corrected chi connectivity index (χ4v) is 9.83. The normalized spacial score (nSPS) is 44.2. The molecule has 4 rings (SSSR count). The topological polar surface area (TPSA) is 212 Å². The lowest BCUT2D eigenvalue weighted by Gasteiger charge is -2.53. The van der Waals surface area contributed by atoms with Crippen molar-refractivity contribution in [2.75, 3.05) is 33.8 Å². The van der Waals surface area contributed by atoms with Gasteiger partial charge >= 0.3 is 5.97 Å². The predicted octanol–water partition coefficient (Wildman–Crippen LogP) is 3.72. The fourth-order valence-electron chi connectivity index (χ4n) is 9.71. The first-order valence-electron chi connectivity index (χ1n) is 22.6. The van der Waals surface area contributed by atoms with Gasteiger partial charge in [-0.2, -0.15) is 0 Å². The smallest absolute Gasteiger partial charge is 0.311 e. The molecule has 0 radical (unpaired) electrons. The van der Waals surface area contributed by atoms with E-state index in [0.29, 0.717) is 30.4 Å². The van der Waals surface area contributed by atoms with E-state index < -0.39 is 95.5 Å². The highest BCUT2D eigenvalue weighted by Crippen LogP contribution is 2.43. The standard InChI is InChI=1S/C45H79ClN4O12/c1-14-18-48-24-45(55)30(8)58-35(21-43(45,10)56-13)61-36-27(5)39(62-41-37(32(47-12)19-26(4)57-41)59-31-16-17-34(46)50-23-31)42(9,53)20-25(3)22-49-29(7)38(51)44(11,54)33(15-2)60-40(52)28(36)6/h16-17,23,25-30,32-33,35-39,41,47-49,51,53-55H,14-15,18-22,24H2,1-13H3/t25-,26-,27+,28-,29-,30+,32+,33-,35+,36+,37-,38-,39-,41+,42-,43-,44-,45+/m1/s1. The molecule has 16 nitrogen and oxygen atoms in total. The summed E-state index contributed by atoms with van der Waals surface area (Å²) in [6.07, 6.45) is -4.86. The Bertz CT molecular complexity index is 1550. The second-order valence-electron chi connectivity index (χ2n) is 19.0. The number of aliphatic hydroxyl groups excluding tert-OH is 1. The number of cyclic esters (lactones) is 1. The minimum atomic E-state index is -1.83. The molecular formula is C45H79ClN4O12. The molecule has 3 aliphatic heterocycles. The third-order valence-electron chi connectivity index (χ3n) is 13.7. The highest BCUT2D eigenvalue weighted by Gasteiger charge is 2.58. The van der Waals surface area contributed by atoms with Crippen LogP contribution in [-0.4, -0.2) is 155 Å². The van der Waals surface area contributed by atoms with Crippen LogP contribution in [0.4, 0.5) is 0 Å². The zero-order valence-corrected chi connectivity index (χ0v) is 40.1. The van der Waals surface area contributed by atoms with E-state index in [0.717, 1.165) is 6.42 Å². The first-order valence-corrected chi connectivity index (χ1v) is 23.0. The van der Waals surface area contributed by atoms with Gasteiger partial charge in [-0.25, -0.2) is 4.98 Å². The number of ether oxygens (including phenoxy) is 7. The fraction of sp³-hybridized carbons (Fsp3) is 0.867. The molecule has 17 heteroatoms. The summed E-state index contributed by atoms with van der Waals surface area (Å²) in [5.74, 6) is -2.27. The number of aromatic nitrogens is 1. The zero-order chi connectivity index (χ0) is 46.4. The maximum Gasteiger partial charge on any atom is 0.311 e. The van der Waals surface area contributed by atoms with Crippen molar-refractivity contribution in [1.82, 2.24) is 20.9 Å². The number of halogens is 1. The highest BCUT2D eigenvalue weighted by atomic mass is 35.5. The average Bonchev–Trinajstić information content (AvgIpc) is 3.22. The summed E-state index contributed by atoms with van der Waals surface area (Å²) >= 11 is 6.11. The number of hydrogen-bond acceptors (Lipinski definition) is 16. The van der Waals surface area contributed by atoms with Crippen molar-refractivity contribution < 1.29 is 58.4 Å². The number of esters is 1. The van der Waals surface area contributed by atoms with Crippen molar-refractivity contribution in [3.8, 4) is 5.75 Å². The summed E-state index contributed by atoms with van der Waals surface area (Å²) < 4.78 is 45.7. The number of likely N-dealkylation sites (N-methyl/N-ethyl adjacent to an activating group) is 1. The monoisotopic (exact) mass is 903 g/mol. The van der Waals surface area contributed by atoms with Crippen molar-refractivity contribution in [2.45, 2.75) is 198 Å². The van der Waals surface area contributed by atoms with Gasteiger partial charge in [0.05, 0.1) is 48.2 Å². The van der Waals surface area contributed by atoms with E-state index in [4.69, 9.17) is 44.8 Å². The quantitative estimate of drug-likeness (QED) is 0.0855. The van der Waals surface area contributed by atoms with Crippen LogP contribution in [0.15, 0.2) is 18.3 Å². The maximum atomic E-state index is 14.5. The lowest BCUT2D eigenvalue weighted by molar-refractivity contribution is -0.335. The van der Waals surface area contributed by atoms with E-state index in [9.17, 15) is 25.2 Å². The SMILES string of the molecule is CCCNC[C@]1(O)[C@H](C)O[C@@H](O[C@H]2[C@H](C)[C@@H](O[C@@H]3O[C@H](C)C[C@H](NC)[C@H]3Oc3ccc(Cl)nc3)[C@](C)(O)C[C@@H](C)CN[C@H](C)[C@@H](O)[C@](C)(O)[C@@H](CC)OC(=O)[C@@H]2C)C[C@@]1(C)OC. The Balaban J connectivity index is 1.84. The summed E-state index contributed by atoms with van der Waals surface area (Å²) in [5, 5.41) is 58.5. The Morgan fingerprint density at radius 2 is 1.69 bits per heavy atom. The number of carbonyl (C=O) groups is 1. The van der Waals surface area contributed by atoms with Gasteiger partial charge in [0.1, 0.15) is 39.9 Å². The van der Waals surface area contributed by atoms with E-state index in [-0.39, 0.29) is 43.9 Å². The summed E-state index contributed by atoms with van der Waals surface area (Å²) in [7, 11) is 3.38. The minimum absolute atomic E-state index is 0.0856. The van der Waals surface area contributed by atoms with Gasteiger partial charge in [-0.15, -0.1) is 0 Å². The number of nitrogens with one attached hydrogen (secondary N) is 3. The number of hydrogen-bond donors (Lipinski definition) is 7. The van der Waals surface area contributed by atoms with Crippen LogP contribution in [0.1, 0.15) is 108 Å². The van der Waals surface area contributed by atoms with E-state index in [1.165, 1.54) is 20.2 Å². The molecule has 1 aromatic heterocycles. The molecule has 0 amide bonds. The highest BCUT2D eigenvalue weighted by molar-refractivity contribution is 6.29. The van der Waals surface area contributed by atoms with Gasteiger partial charge in [0.2, 0.25) is 0 Å². The molecule has 18 atom stereocenters. The van der Waals surface area contributed by atoms with Crippen LogP contribution in [0.2, 0.25) is 5.15 Å². The molecule has 3 aliphatic rings. The summed E-state index contributed by atoms with van der Waals surface area (Å²) in [5.41, 5.74) is -6.02. The molecule has 3 fully saturated rings. The van der Waals surface area contributed by atoms with Crippen LogP contribution in [0.25, 0.3) is 0 Å². The number of carbonyl (C=O) groups excluding carboxylic acids is 1. The number of pyridine rings is 1. The molecule has 7 N–H and O–H groups in total.